The van der Waals surface area contributed by atoms with E-state index in [1.807, 2.05) is 11.8 Å². The van der Waals surface area contributed by atoms with Crippen LogP contribution in [-0.4, -0.2) is 8.07 Å². The van der Waals surface area contributed by atoms with Gasteiger partial charge in [-0.1, -0.05) is 80.3 Å². The van der Waals surface area contributed by atoms with Crippen molar-refractivity contribution in [3.63, 3.8) is 0 Å². The Bertz CT molecular complexity index is 553. The van der Waals surface area contributed by atoms with E-state index in [0.717, 1.165) is 5.75 Å². The molecule has 0 unspecified atom stereocenters. The van der Waals surface area contributed by atoms with Gasteiger partial charge in [0.15, 0.2) is 0 Å². The van der Waals surface area contributed by atoms with E-state index in [2.05, 4.69) is 86.4 Å². The summed E-state index contributed by atoms with van der Waals surface area (Å²) in [7, 11) is -1.30. The molecule has 0 fully saturated rings. The summed E-state index contributed by atoms with van der Waals surface area (Å²) in [5.41, 5.74) is 2.71. The van der Waals surface area contributed by atoms with E-state index >= 15 is 0 Å². The minimum Gasteiger partial charge on any atom is -0.130 e. The molecule has 0 aliphatic rings. The molecular weight excluding hydrogens is 276 g/mol. The molecule has 0 aliphatic carbocycles. The first kappa shape index (κ1) is 15.1. The van der Waals surface area contributed by atoms with Gasteiger partial charge < -0.3 is 0 Å². The van der Waals surface area contributed by atoms with Crippen LogP contribution in [0.4, 0.5) is 0 Å². The molecule has 20 heavy (non-hydrogen) atoms. The van der Waals surface area contributed by atoms with Gasteiger partial charge in [0, 0.05) is 5.75 Å². The summed E-state index contributed by atoms with van der Waals surface area (Å²) >= 11 is 2.00. The molecule has 104 valence electrons. The largest absolute Gasteiger partial charge is 0.130 e. The highest BCUT2D eigenvalue weighted by molar-refractivity contribution is 8.04. The Morgan fingerprint density at radius 2 is 1.45 bits per heavy atom. The number of thioether (sulfide) groups is 1. The van der Waals surface area contributed by atoms with Crippen molar-refractivity contribution >= 4 is 25.9 Å². The number of benzene rings is 2. The molecule has 2 aromatic rings. The van der Waals surface area contributed by atoms with Gasteiger partial charge in [-0.05, 0) is 21.7 Å². The predicted molar refractivity (Wildman–Crippen MR) is 95.5 cm³/mol. The molecular formula is C18H22SSi. The van der Waals surface area contributed by atoms with Crippen LogP contribution in [0.3, 0.4) is 0 Å². The van der Waals surface area contributed by atoms with E-state index in [4.69, 9.17) is 0 Å². The zero-order chi connectivity index (χ0) is 14.4. The van der Waals surface area contributed by atoms with Crippen LogP contribution in [0.5, 0.6) is 0 Å². The summed E-state index contributed by atoms with van der Waals surface area (Å²) in [6, 6.07) is 21.4. The molecule has 0 amide bonds. The highest BCUT2D eigenvalue weighted by atomic mass is 32.2. The molecule has 2 heteroatoms. The summed E-state index contributed by atoms with van der Waals surface area (Å²) in [5, 5.41) is 0. The molecule has 2 rings (SSSR count). The standard InChI is InChI=1S/C18H22SSi/c1-20(2,3)18(14-16-10-6-4-7-11-16)19-15-17-12-8-5-9-13-17/h4-14H,15H2,1-3H3/b18-14-. The van der Waals surface area contributed by atoms with E-state index in [1.54, 1.807) is 4.53 Å². The fourth-order valence-electron chi connectivity index (χ4n) is 1.91. The Kier molecular flexibility index (Phi) is 5.27. The van der Waals surface area contributed by atoms with Gasteiger partial charge >= 0.3 is 0 Å². The van der Waals surface area contributed by atoms with Gasteiger partial charge in [-0.2, -0.15) is 0 Å². The van der Waals surface area contributed by atoms with Crippen molar-refractivity contribution in [1.82, 2.24) is 0 Å². The van der Waals surface area contributed by atoms with Crippen molar-refractivity contribution < 1.29 is 0 Å². The van der Waals surface area contributed by atoms with Gasteiger partial charge in [0.05, 0.1) is 8.07 Å². The Morgan fingerprint density at radius 1 is 0.900 bits per heavy atom. The predicted octanol–water partition coefficient (Wildman–Crippen LogP) is 5.84. The summed E-state index contributed by atoms with van der Waals surface area (Å²) in [6.07, 6.45) is 2.37. The lowest BCUT2D eigenvalue weighted by Crippen LogP contribution is -2.22. The topological polar surface area (TPSA) is 0 Å². The third-order valence-electron chi connectivity index (χ3n) is 3.07. The molecule has 0 aromatic heterocycles. The fraction of sp³-hybridized carbons (Fsp3) is 0.222. The molecule has 0 heterocycles. The smallest absolute Gasteiger partial charge is 0.0857 e. The molecule has 0 saturated heterocycles. The van der Waals surface area contributed by atoms with Crippen LogP contribution >= 0.6 is 11.8 Å². The second-order valence-corrected chi connectivity index (χ2v) is 12.4. The molecule has 2 aromatic carbocycles. The number of rotatable bonds is 5. The van der Waals surface area contributed by atoms with Crippen molar-refractivity contribution in [3.05, 3.63) is 76.3 Å². The first-order valence-corrected chi connectivity index (χ1v) is 11.5. The van der Waals surface area contributed by atoms with Crippen molar-refractivity contribution in [2.45, 2.75) is 25.4 Å². The van der Waals surface area contributed by atoms with E-state index in [0.29, 0.717) is 0 Å². The van der Waals surface area contributed by atoms with E-state index in [9.17, 15) is 0 Å². The molecule has 0 spiro atoms. The lowest BCUT2D eigenvalue weighted by atomic mass is 10.2. The third-order valence-corrected chi connectivity index (χ3v) is 7.87. The highest BCUT2D eigenvalue weighted by Crippen LogP contribution is 2.31. The van der Waals surface area contributed by atoms with Gasteiger partial charge in [0.25, 0.3) is 0 Å². The zero-order valence-electron chi connectivity index (χ0n) is 12.5. The fourth-order valence-corrected chi connectivity index (χ4v) is 5.19. The molecule has 0 nitrogen and oxygen atoms in total. The monoisotopic (exact) mass is 298 g/mol. The zero-order valence-corrected chi connectivity index (χ0v) is 14.3. The maximum Gasteiger partial charge on any atom is 0.0857 e. The quantitative estimate of drug-likeness (QED) is 0.625. The van der Waals surface area contributed by atoms with Crippen molar-refractivity contribution in [1.29, 1.82) is 0 Å². The van der Waals surface area contributed by atoms with Crippen LogP contribution < -0.4 is 0 Å². The van der Waals surface area contributed by atoms with Crippen LogP contribution in [0.15, 0.2) is 65.2 Å². The average molecular weight is 299 g/mol. The summed E-state index contributed by atoms with van der Waals surface area (Å²) < 4.78 is 1.56. The molecule has 0 saturated carbocycles. The maximum absolute atomic E-state index is 2.42. The Labute approximate surface area is 127 Å². The van der Waals surface area contributed by atoms with Crippen LogP contribution in [0, 0.1) is 0 Å². The van der Waals surface area contributed by atoms with E-state index in [-0.39, 0.29) is 0 Å². The highest BCUT2D eigenvalue weighted by Gasteiger charge is 2.20. The molecule has 0 radical (unpaired) electrons. The van der Waals surface area contributed by atoms with Crippen molar-refractivity contribution in [2.75, 3.05) is 0 Å². The SMILES string of the molecule is C[Si](C)(C)/C(=C\c1ccccc1)SCc1ccccc1. The van der Waals surface area contributed by atoms with Crippen LogP contribution in [0.2, 0.25) is 19.6 Å². The Hall–Kier alpha value is -1.25. The molecule has 0 aliphatic heterocycles. The number of hydrogen-bond donors (Lipinski definition) is 0. The summed E-state index contributed by atoms with van der Waals surface area (Å²) in [4.78, 5) is 0. The minimum absolute atomic E-state index is 1.06. The van der Waals surface area contributed by atoms with Crippen LogP contribution in [0.1, 0.15) is 11.1 Å². The van der Waals surface area contributed by atoms with Crippen molar-refractivity contribution in [2.24, 2.45) is 0 Å². The first-order chi connectivity index (χ1) is 9.55. The van der Waals surface area contributed by atoms with Gasteiger partial charge in [0.2, 0.25) is 0 Å². The van der Waals surface area contributed by atoms with Crippen LogP contribution in [-0.2, 0) is 5.75 Å². The van der Waals surface area contributed by atoms with Crippen LogP contribution in [0.25, 0.3) is 6.08 Å². The van der Waals surface area contributed by atoms with Gasteiger partial charge in [-0.3, -0.25) is 0 Å². The number of hydrogen-bond acceptors (Lipinski definition) is 1. The van der Waals surface area contributed by atoms with Gasteiger partial charge in [-0.15, -0.1) is 11.8 Å². The van der Waals surface area contributed by atoms with E-state index < -0.39 is 8.07 Å². The Morgan fingerprint density at radius 3 is 2.00 bits per heavy atom. The average Bonchev–Trinajstić information content (AvgIpc) is 2.44. The lowest BCUT2D eigenvalue weighted by molar-refractivity contribution is 1.42. The summed E-state index contributed by atoms with van der Waals surface area (Å²) in [5.74, 6) is 1.06. The van der Waals surface area contributed by atoms with Gasteiger partial charge in [0.1, 0.15) is 0 Å². The van der Waals surface area contributed by atoms with Gasteiger partial charge in [-0.25, -0.2) is 0 Å². The van der Waals surface area contributed by atoms with Crippen molar-refractivity contribution in [3.8, 4) is 0 Å². The second kappa shape index (κ2) is 6.96. The molecule has 0 bridgehead atoms. The maximum atomic E-state index is 2.42. The first-order valence-electron chi connectivity index (χ1n) is 7.00. The normalized spacial score (nSPS) is 12.4. The minimum atomic E-state index is -1.30. The lowest BCUT2D eigenvalue weighted by Gasteiger charge is -2.20. The molecule has 0 atom stereocenters. The Balaban J connectivity index is 2.15. The van der Waals surface area contributed by atoms with E-state index in [1.165, 1.54) is 11.1 Å². The molecule has 0 N–H and O–H groups in total. The summed E-state index contributed by atoms with van der Waals surface area (Å²) in [6.45, 7) is 7.25. The second-order valence-electron chi connectivity index (χ2n) is 5.94. The third kappa shape index (κ3) is 4.69.